The quantitative estimate of drug-likeness (QED) is 0.619. The minimum absolute atomic E-state index is 0.330. The molecule has 0 amide bonds. The van der Waals surface area contributed by atoms with Crippen LogP contribution < -0.4 is 0 Å². The van der Waals surface area contributed by atoms with E-state index in [1.54, 1.807) is 18.1 Å². The maximum atomic E-state index is 4.11. The minimum Gasteiger partial charge on any atom is -0.216 e. The van der Waals surface area contributed by atoms with Gasteiger partial charge in [0, 0.05) is 11.1 Å². The van der Waals surface area contributed by atoms with Gasteiger partial charge in [-0.1, -0.05) is 41.5 Å². The number of rotatable bonds is 4. The number of alkyl halides is 1. The van der Waals surface area contributed by atoms with E-state index in [2.05, 4.69) is 39.1 Å². The molecule has 12 heavy (non-hydrogen) atoms. The van der Waals surface area contributed by atoms with Crippen LogP contribution in [0, 0.1) is 5.41 Å². The van der Waals surface area contributed by atoms with Crippen LogP contribution in [-0.2, 0) is 0 Å². The molecule has 1 heterocycles. The van der Waals surface area contributed by atoms with Crippen molar-refractivity contribution >= 4 is 39.2 Å². The first-order valence-corrected chi connectivity index (χ1v) is 6.47. The summed E-state index contributed by atoms with van der Waals surface area (Å²) >= 11 is 6.72. The zero-order valence-electron chi connectivity index (χ0n) is 7.08. The Morgan fingerprint density at radius 2 is 2.42 bits per heavy atom. The molecule has 0 aromatic carbocycles. The number of hydrogen-bond acceptors (Lipinski definition) is 4. The second-order valence-corrected chi connectivity index (χ2v) is 5.86. The summed E-state index contributed by atoms with van der Waals surface area (Å²) in [6.07, 6.45) is 1.61. The monoisotopic (exact) mass is 266 g/mol. The summed E-state index contributed by atoms with van der Waals surface area (Å²) in [6.45, 7) is 4.46. The van der Waals surface area contributed by atoms with Crippen molar-refractivity contribution in [1.29, 1.82) is 0 Å². The number of nitrogens with zero attached hydrogens (tertiary/aromatic N) is 2. The van der Waals surface area contributed by atoms with Gasteiger partial charge in [0.2, 0.25) is 0 Å². The maximum absolute atomic E-state index is 4.11. The Bertz CT molecular complexity index is 223. The van der Waals surface area contributed by atoms with Gasteiger partial charge >= 0.3 is 0 Å². The van der Waals surface area contributed by atoms with Crippen LogP contribution in [0.2, 0.25) is 0 Å². The fourth-order valence-electron chi connectivity index (χ4n) is 0.522. The molecule has 0 bridgehead atoms. The normalized spacial score (nSPS) is 11.9. The number of halogens is 1. The summed E-state index contributed by atoms with van der Waals surface area (Å²) in [5.41, 5.74) is 0.330. The van der Waals surface area contributed by atoms with Gasteiger partial charge in [0.25, 0.3) is 0 Å². The Morgan fingerprint density at radius 3 is 2.92 bits per heavy atom. The summed E-state index contributed by atoms with van der Waals surface area (Å²) in [6, 6.07) is 0. The predicted octanol–water partition coefficient (Wildman–Crippen LogP) is 3.05. The smallest absolute Gasteiger partial charge is 0.169 e. The Balaban J connectivity index is 2.36. The van der Waals surface area contributed by atoms with Crippen LogP contribution in [0.3, 0.4) is 0 Å². The second kappa shape index (κ2) is 4.58. The molecule has 0 radical (unpaired) electrons. The SMILES string of the molecule is CC(C)(CBr)CSc1ncns1. The first-order chi connectivity index (χ1) is 5.64. The minimum atomic E-state index is 0.330. The van der Waals surface area contributed by atoms with E-state index < -0.39 is 0 Å². The highest BCUT2D eigenvalue weighted by atomic mass is 79.9. The Labute approximate surface area is 89.5 Å². The maximum Gasteiger partial charge on any atom is 0.169 e. The average Bonchev–Trinajstić information content (AvgIpc) is 2.53. The molecule has 0 aliphatic heterocycles. The Morgan fingerprint density at radius 1 is 1.67 bits per heavy atom. The van der Waals surface area contributed by atoms with Crippen LogP contribution in [0.4, 0.5) is 0 Å². The highest BCUT2D eigenvalue weighted by molar-refractivity contribution is 9.09. The van der Waals surface area contributed by atoms with Crippen molar-refractivity contribution in [1.82, 2.24) is 9.36 Å². The third-order valence-electron chi connectivity index (χ3n) is 1.29. The van der Waals surface area contributed by atoms with Crippen molar-refractivity contribution in [2.75, 3.05) is 11.1 Å². The van der Waals surface area contributed by atoms with Gasteiger partial charge < -0.3 is 0 Å². The van der Waals surface area contributed by atoms with E-state index in [9.17, 15) is 0 Å². The topological polar surface area (TPSA) is 25.8 Å². The van der Waals surface area contributed by atoms with Gasteiger partial charge in [-0.3, -0.25) is 0 Å². The van der Waals surface area contributed by atoms with E-state index >= 15 is 0 Å². The lowest BCUT2D eigenvalue weighted by molar-refractivity contribution is 0.496. The van der Waals surface area contributed by atoms with Gasteiger partial charge in [0.05, 0.1) is 0 Å². The highest BCUT2D eigenvalue weighted by Crippen LogP contribution is 2.29. The number of thioether (sulfide) groups is 1. The molecule has 0 fully saturated rings. The molecule has 1 rings (SSSR count). The summed E-state index contributed by atoms with van der Waals surface area (Å²) in [4.78, 5) is 4.11. The third kappa shape index (κ3) is 3.41. The first-order valence-electron chi connectivity index (χ1n) is 3.59. The van der Waals surface area contributed by atoms with Crippen molar-refractivity contribution in [2.45, 2.75) is 18.2 Å². The molecule has 0 saturated heterocycles. The van der Waals surface area contributed by atoms with Gasteiger partial charge in [0.15, 0.2) is 4.34 Å². The molecule has 2 nitrogen and oxygen atoms in total. The molecule has 0 aliphatic carbocycles. The summed E-state index contributed by atoms with van der Waals surface area (Å²) in [5.74, 6) is 1.08. The molecule has 0 spiro atoms. The van der Waals surface area contributed by atoms with Crippen LogP contribution in [-0.4, -0.2) is 20.4 Å². The Kier molecular flexibility index (Phi) is 3.99. The van der Waals surface area contributed by atoms with E-state index in [0.717, 1.165) is 15.4 Å². The van der Waals surface area contributed by atoms with Gasteiger partial charge in [-0.2, -0.15) is 4.37 Å². The zero-order chi connectivity index (χ0) is 9.03. The van der Waals surface area contributed by atoms with Crippen LogP contribution in [0.25, 0.3) is 0 Å². The van der Waals surface area contributed by atoms with Crippen LogP contribution in [0.1, 0.15) is 13.8 Å². The molecular weight excluding hydrogens is 256 g/mol. The number of hydrogen-bond donors (Lipinski definition) is 0. The first kappa shape index (κ1) is 10.5. The lowest BCUT2D eigenvalue weighted by Gasteiger charge is -2.19. The summed E-state index contributed by atoms with van der Waals surface area (Å²) < 4.78 is 5.01. The standard InChI is InChI=1S/C7H11BrN2S2/c1-7(2,3-8)4-11-6-9-5-10-12-6/h5H,3-4H2,1-2H3. The predicted molar refractivity (Wildman–Crippen MR) is 58.2 cm³/mol. The fourth-order valence-corrected chi connectivity index (χ4v) is 2.52. The van der Waals surface area contributed by atoms with Gasteiger partial charge in [-0.05, 0) is 16.9 Å². The van der Waals surface area contributed by atoms with E-state index in [0.29, 0.717) is 5.41 Å². The number of aromatic nitrogens is 2. The van der Waals surface area contributed by atoms with E-state index in [4.69, 9.17) is 0 Å². The van der Waals surface area contributed by atoms with Gasteiger partial charge in [0.1, 0.15) is 6.33 Å². The van der Waals surface area contributed by atoms with Gasteiger partial charge in [-0.25, -0.2) is 4.98 Å². The van der Waals surface area contributed by atoms with E-state index in [1.807, 2.05) is 0 Å². The molecule has 0 aliphatic rings. The van der Waals surface area contributed by atoms with Crippen LogP contribution in [0.15, 0.2) is 10.7 Å². The highest BCUT2D eigenvalue weighted by Gasteiger charge is 2.16. The van der Waals surface area contributed by atoms with Crippen molar-refractivity contribution in [3.05, 3.63) is 6.33 Å². The van der Waals surface area contributed by atoms with Crippen LogP contribution in [0.5, 0.6) is 0 Å². The zero-order valence-corrected chi connectivity index (χ0v) is 10.3. The molecule has 0 saturated carbocycles. The summed E-state index contributed by atoms with van der Waals surface area (Å²) in [7, 11) is 0. The third-order valence-corrected chi connectivity index (χ3v) is 5.12. The summed E-state index contributed by atoms with van der Waals surface area (Å²) in [5, 5.41) is 1.02. The molecule has 0 N–H and O–H groups in total. The van der Waals surface area contributed by atoms with Gasteiger partial charge in [-0.15, -0.1) is 0 Å². The van der Waals surface area contributed by atoms with E-state index in [-0.39, 0.29) is 0 Å². The van der Waals surface area contributed by atoms with Crippen molar-refractivity contribution in [3.63, 3.8) is 0 Å². The second-order valence-electron chi connectivity index (χ2n) is 3.29. The average molecular weight is 267 g/mol. The molecule has 68 valence electrons. The largest absolute Gasteiger partial charge is 0.216 e. The Hall–Kier alpha value is 0.390. The molecule has 1 aromatic heterocycles. The van der Waals surface area contributed by atoms with Crippen molar-refractivity contribution in [2.24, 2.45) is 5.41 Å². The fraction of sp³-hybridized carbons (Fsp3) is 0.714. The van der Waals surface area contributed by atoms with Crippen LogP contribution >= 0.6 is 39.2 Å². The molecular formula is C7H11BrN2S2. The molecule has 5 heteroatoms. The van der Waals surface area contributed by atoms with E-state index in [1.165, 1.54) is 11.5 Å². The lowest BCUT2D eigenvalue weighted by atomic mass is 10.0. The molecule has 0 unspecified atom stereocenters. The molecule has 1 aromatic rings. The van der Waals surface area contributed by atoms with Crippen molar-refractivity contribution in [3.8, 4) is 0 Å². The lowest BCUT2D eigenvalue weighted by Crippen LogP contribution is -2.15. The van der Waals surface area contributed by atoms with Crippen molar-refractivity contribution < 1.29 is 0 Å². The molecule has 0 atom stereocenters.